The summed E-state index contributed by atoms with van der Waals surface area (Å²) in [6.07, 6.45) is 7.07. The monoisotopic (exact) mass is 530 g/mol. The van der Waals surface area contributed by atoms with Crippen molar-refractivity contribution in [2.24, 2.45) is 0 Å². The number of likely N-dealkylation sites (tertiary alicyclic amines) is 1. The number of esters is 1. The highest BCUT2D eigenvalue weighted by molar-refractivity contribution is 5.99. The second kappa shape index (κ2) is 10.9. The molecule has 4 aromatic rings. The first-order valence-corrected chi connectivity index (χ1v) is 12.5. The minimum Gasteiger partial charge on any atom is -0.494 e. The first-order valence-electron chi connectivity index (χ1n) is 12.5. The van der Waals surface area contributed by atoms with Crippen LogP contribution in [0, 0.1) is 5.82 Å². The van der Waals surface area contributed by atoms with Gasteiger partial charge in [-0.15, -0.1) is 0 Å². The van der Waals surface area contributed by atoms with E-state index in [1.54, 1.807) is 45.8 Å². The van der Waals surface area contributed by atoms with Crippen LogP contribution in [0.2, 0.25) is 0 Å². The molecule has 0 unspecified atom stereocenters. The number of rotatable bonds is 7. The molecule has 10 heteroatoms. The molecule has 3 heterocycles. The molecule has 0 spiro atoms. The lowest BCUT2D eigenvalue weighted by atomic mass is 10.0. The molecule has 200 valence electrons. The predicted octanol–water partition coefficient (Wildman–Crippen LogP) is 5.36. The van der Waals surface area contributed by atoms with Crippen LogP contribution in [0.5, 0.6) is 17.2 Å². The number of imidazole rings is 1. The van der Waals surface area contributed by atoms with Crippen LogP contribution >= 0.6 is 0 Å². The van der Waals surface area contributed by atoms with Gasteiger partial charge in [-0.25, -0.2) is 14.8 Å². The summed E-state index contributed by atoms with van der Waals surface area (Å²) >= 11 is 0. The number of nitrogens with zero attached hydrogens (tertiary/aromatic N) is 4. The zero-order valence-corrected chi connectivity index (χ0v) is 21.6. The third-order valence-electron chi connectivity index (χ3n) is 6.72. The van der Waals surface area contributed by atoms with Gasteiger partial charge in [0.05, 0.1) is 26.0 Å². The Balaban J connectivity index is 1.59. The fourth-order valence-electron chi connectivity index (χ4n) is 4.86. The average Bonchev–Trinajstić information content (AvgIpc) is 3.37. The molecular formula is C29H27FN4O5. The maximum atomic E-state index is 14.6. The summed E-state index contributed by atoms with van der Waals surface area (Å²) in [6, 6.07) is 11.2. The van der Waals surface area contributed by atoms with Gasteiger partial charge in [-0.1, -0.05) is 12.6 Å². The number of ether oxygens (including phenoxy) is 3. The molecule has 5 rings (SSSR count). The molecule has 39 heavy (non-hydrogen) atoms. The van der Waals surface area contributed by atoms with E-state index in [-0.39, 0.29) is 29.1 Å². The van der Waals surface area contributed by atoms with E-state index < -0.39 is 11.8 Å². The Morgan fingerprint density at radius 2 is 1.87 bits per heavy atom. The molecule has 2 aromatic carbocycles. The maximum Gasteiger partial charge on any atom is 0.358 e. The predicted molar refractivity (Wildman–Crippen MR) is 141 cm³/mol. The van der Waals surface area contributed by atoms with E-state index in [9.17, 15) is 14.0 Å². The number of hydrogen-bond acceptors (Lipinski definition) is 7. The number of amides is 1. The Kier molecular flexibility index (Phi) is 7.27. The lowest BCUT2D eigenvalue weighted by Crippen LogP contribution is -2.38. The first kappa shape index (κ1) is 25.9. The molecule has 1 aliphatic rings. The van der Waals surface area contributed by atoms with Gasteiger partial charge in [-0.3, -0.25) is 9.20 Å². The molecule has 9 nitrogen and oxygen atoms in total. The Hall–Kier alpha value is -4.73. The summed E-state index contributed by atoms with van der Waals surface area (Å²) in [6.45, 7) is 4.23. The Morgan fingerprint density at radius 3 is 2.59 bits per heavy atom. The topological polar surface area (TPSA) is 95.3 Å². The number of piperidine rings is 1. The number of aromatic nitrogens is 3. The minimum atomic E-state index is -0.607. The lowest BCUT2D eigenvalue weighted by Gasteiger charge is -2.34. The van der Waals surface area contributed by atoms with Crippen molar-refractivity contribution < 1.29 is 28.2 Å². The van der Waals surface area contributed by atoms with Gasteiger partial charge in [-0.2, -0.15) is 4.39 Å². The standard InChI is InChI=1S/C29H27FN4O5/c1-4-23(35)33-16-6-5-8-20(33)28-32-25(27-26(29(36)38-3)31-15-17-34(27)28)18-11-13-19(14-12-18)39-22-10-7-9-21(37-2)24(22)30/h4,7,9-15,17,20H,1,5-6,8,16H2,2-3H3/t20-/m0/s1. The summed E-state index contributed by atoms with van der Waals surface area (Å²) in [4.78, 5) is 36.3. The van der Waals surface area contributed by atoms with Crippen molar-refractivity contribution in [3.05, 3.63) is 84.8 Å². The van der Waals surface area contributed by atoms with Crippen LogP contribution in [0.3, 0.4) is 0 Å². The van der Waals surface area contributed by atoms with E-state index in [4.69, 9.17) is 19.2 Å². The molecule has 2 aromatic heterocycles. The average molecular weight is 531 g/mol. The van der Waals surface area contributed by atoms with Crippen LogP contribution in [-0.2, 0) is 9.53 Å². The van der Waals surface area contributed by atoms with Crippen molar-refractivity contribution >= 4 is 17.4 Å². The summed E-state index contributed by atoms with van der Waals surface area (Å²) in [7, 11) is 2.68. The molecule has 0 N–H and O–H groups in total. The van der Waals surface area contributed by atoms with Gasteiger partial charge in [0.25, 0.3) is 0 Å². The third-order valence-corrected chi connectivity index (χ3v) is 6.72. The quantitative estimate of drug-likeness (QED) is 0.234. The van der Waals surface area contributed by atoms with E-state index in [1.807, 2.05) is 0 Å². The van der Waals surface area contributed by atoms with E-state index >= 15 is 0 Å². The molecule has 1 aliphatic heterocycles. The number of methoxy groups -OCH3 is 2. The first-order chi connectivity index (χ1) is 19.0. The molecular weight excluding hydrogens is 503 g/mol. The molecule has 0 radical (unpaired) electrons. The number of halogens is 1. The van der Waals surface area contributed by atoms with Gasteiger partial charge in [0, 0.05) is 24.5 Å². The van der Waals surface area contributed by atoms with Crippen LogP contribution in [0.25, 0.3) is 16.8 Å². The second-order valence-electron chi connectivity index (χ2n) is 8.95. The number of carbonyl (C=O) groups excluding carboxylic acids is 2. The minimum absolute atomic E-state index is 0.0262. The molecule has 1 saturated heterocycles. The van der Waals surface area contributed by atoms with Crippen molar-refractivity contribution in [1.82, 2.24) is 19.3 Å². The normalized spacial score (nSPS) is 15.2. The second-order valence-corrected chi connectivity index (χ2v) is 8.95. The summed E-state index contributed by atoms with van der Waals surface area (Å²) in [5.74, 6) is -0.268. The largest absolute Gasteiger partial charge is 0.494 e. The Labute approximate surface area is 224 Å². The number of carbonyl (C=O) groups is 2. The summed E-state index contributed by atoms with van der Waals surface area (Å²) < 4.78 is 32.1. The Morgan fingerprint density at radius 1 is 1.10 bits per heavy atom. The van der Waals surface area contributed by atoms with Crippen molar-refractivity contribution in [1.29, 1.82) is 0 Å². The van der Waals surface area contributed by atoms with Crippen molar-refractivity contribution in [2.75, 3.05) is 20.8 Å². The highest BCUT2D eigenvalue weighted by atomic mass is 19.1. The van der Waals surface area contributed by atoms with Gasteiger partial charge in [0.2, 0.25) is 11.7 Å². The van der Waals surface area contributed by atoms with E-state index in [0.717, 1.165) is 12.8 Å². The van der Waals surface area contributed by atoms with Crippen LogP contribution in [0.15, 0.2) is 67.5 Å². The number of benzene rings is 2. The van der Waals surface area contributed by atoms with Crippen molar-refractivity contribution in [3.8, 4) is 28.5 Å². The molecule has 1 amide bonds. The fraction of sp³-hybridized carbons (Fsp3) is 0.241. The van der Waals surface area contributed by atoms with Crippen molar-refractivity contribution in [3.63, 3.8) is 0 Å². The summed E-state index contributed by atoms with van der Waals surface area (Å²) in [5.41, 5.74) is 1.73. The van der Waals surface area contributed by atoms with E-state index in [2.05, 4.69) is 11.6 Å². The molecule has 1 fully saturated rings. The lowest BCUT2D eigenvalue weighted by molar-refractivity contribution is -0.129. The van der Waals surface area contributed by atoms with Gasteiger partial charge in [0.15, 0.2) is 17.2 Å². The van der Waals surface area contributed by atoms with Crippen LogP contribution in [0.1, 0.15) is 41.6 Å². The number of hydrogen-bond donors (Lipinski definition) is 0. The zero-order valence-electron chi connectivity index (χ0n) is 21.6. The van der Waals surface area contributed by atoms with Crippen LogP contribution in [0.4, 0.5) is 4.39 Å². The van der Waals surface area contributed by atoms with Gasteiger partial charge < -0.3 is 19.1 Å². The van der Waals surface area contributed by atoms with Gasteiger partial charge >= 0.3 is 5.97 Å². The fourth-order valence-corrected chi connectivity index (χ4v) is 4.86. The van der Waals surface area contributed by atoms with E-state index in [0.29, 0.717) is 41.3 Å². The molecule has 1 atom stereocenters. The highest BCUT2D eigenvalue weighted by Gasteiger charge is 2.32. The molecule has 0 bridgehead atoms. The van der Waals surface area contributed by atoms with Crippen LogP contribution < -0.4 is 9.47 Å². The van der Waals surface area contributed by atoms with Gasteiger partial charge in [0.1, 0.15) is 17.1 Å². The van der Waals surface area contributed by atoms with Crippen LogP contribution in [-0.4, -0.2) is 51.9 Å². The third kappa shape index (κ3) is 4.81. The SMILES string of the molecule is C=CC(=O)N1CCCC[C@H]1c1nc(-c2ccc(Oc3cccc(OC)c3F)cc2)c2c(C(=O)OC)nccn12. The molecule has 0 aliphatic carbocycles. The van der Waals surface area contributed by atoms with Crippen molar-refractivity contribution in [2.45, 2.75) is 25.3 Å². The van der Waals surface area contributed by atoms with Gasteiger partial charge in [-0.05, 0) is 61.7 Å². The Bertz CT molecular complexity index is 1550. The highest BCUT2D eigenvalue weighted by Crippen LogP contribution is 2.37. The maximum absolute atomic E-state index is 14.6. The number of fused-ring (bicyclic) bond motifs is 1. The smallest absolute Gasteiger partial charge is 0.358 e. The molecule has 0 saturated carbocycles. The summed E-state index contributed by atoms with van der Waals surface area (Å²) in [5, 5.41) is 0. The zero-order chi connectivity index (χ0) is 27.5. The van der Waals surface area contributed by atoms with E-state index in [1.165, 1.54) is 38.6 Å².